The fourth-order valence-corrected chi connectivity index (χ4v) is 2.18. The Morgan fingerprint density at radius 3 is 2.21 bits per heavy atom. The third kappa shape index (κ3) is 2.36. The lowest BCUT2D eigenvalue weighted by atomic mass is 10.1. The number of anilines is 1. The van der Waals surface area contributed by atoms with Crippen LogP contribution in [0.4, 0.5) is 5.69 Å². The maximum absolute atomic E-state index is 5.87. The normalized spacial score (nSPS) is 14.8. The van der Waals surface area contributed by atoms with E-state index in [9.17, 15) is 0 Å². The highest BCUT2D eigenvalue weighted by atomic mass is 15.2. The van der Waals surface area contributed by atoms with Crippen molar-refractivity contribution in [3.8, 4) is 0 Å². The van der Waals surface area contributed by atoms with Gasteiger partial charge in [0, 0.05) is 5.69 Å². The van der Waals surface area contributed by atoms with E-state index in [1.54, 1.807) is 0 Å². The predicted molar refractivity (Wildman–Crippen MR) is 79.8 cm³/mol. The maximum Gasteiger partial charge on any atom is 0.119 e. The van der Waals surface area contributed by atoms with Crippen LogP contribution in [0.3, 0.4) is 0 Å². The van der Waals surface area contributed by atoms with Gasteiger partial charge in [0.05, 0.1) is 18.4 Å². The molecule has 1 aliphatic rings. The lowest BCUT2D eigenvalue weighted by molar-refractivity contribution is 1.09. The molecule has 2 aromatic rings. The van der Waals surface area contributed by atoms with Gasteiger partial charge in [-0.05, 0) is 17.7 Å². The summed E-state index contributed by atoms with van der Waals surface area (Å²) >= 11 is 0. The second-order valence-electron chi connectivity index (χ2n) is 4.42. The highest BCUT2D eigenvalue weighted by molar-refractivity contribution is 5.95. The molecule has 0 saturated carbocycles. The van der Waals surface area contributed by atoms with Gasteiger partial charge in [-0.25, -0.2) is 4.99 Å². The number of hydrogen-bond acceptors (Lipinski definition) is 3. The SMILES string of the molecule is NC1=NC=C(c2ccccc2)N(c2ccccc2)C1. The third-order valence-electron chi connectivity index (χ3n) is 3.10. The number of nitrogens with zero attached hydrogens (tertiary/aromatic N) is 2. The minimum absolute atomic E-state index is 0.616. The average Bonchev–Trinajstić information content (AvgIpc) is 2.49. The molecule has 0 bridgehead atoms. The van der Waals surface area contributed by atoms with E-state index < -0.39 is 0 Å². The molecule has 2 N–H and O–H groups in total. The minimum Gasteiger partial charge on any atom is -0.386 e. The highest BCUT2D eigenvalue weighted by Crippen LogP contribution is 2.27. The molecule has 0 radical (unpaired) electrons. The molecule has 0 amide bonds. The van der Waals surface area contributed by atoms with Crippen LogP contribution in [0.5, 0.6) is 0 Å². The van der Waals surface area contributed by atoms with E-state index in [0.717, 1.165) is 16.9 Å². The monoisotopic (exact) mass is 249 g/mol. The largest absolute Gasteiger partial charge is 0.386 e. The smallest absolute Gasteiger partial charge is 0.119 e. The van der Waals surface area contributed by atoms with Crippen molar-refractivity contribution in [1.82, 2.24) is 0 Å². The number of benzene rings is 2. The van der Waals surface area contributed by atoms with Crippen LogP contribution in [-0.2, 0) is 0 Å². The van der Waals surface area contributed by atoms with E-state index in [0.29, 0.717) is 12.4 Å². The summed E-state index contributed by atoms with van der Waals surface area (Å²) in [5, 5.41) is 0. The second kappa shape index (κ2) is 4.98. The molecule has 0 atom stereocenters. The van der Waals surface area contributed by atoms with Gasteiger partial charge in [0.25, 0.3) is 0 Å². The predicted octanol–water partition coefficient (Wildman–Crippen LogP) is 2.86. The van der Waals surface area contributed by atoms with Gasteiger partial charge in [-0.2, -0.15) is 0 Å². The topological polar surface area (TPSA) is 41.6 Å². The molecule has 1 heterocycles. The molecule has 0 unspecified atom stereocenters. The van der Waals surface area contributed by atoms with E-state index in [1.807, 2.05) is 42.6 Å². The van der Waals surface area contributed by atoms with Crippen LogP contribution in [0.25, 0.3) is 5.70 Å². The third-order valence-corrected chi connectivity index (χ3v) is 3.10. The number of rotatable bonds is 2. The average molecular weight is 249 g/mol. The lowest BCUT2D eigenvalue weighted by Crippen LogP contribution is -2.35. The number of hydrogen-bond donors (Lipinski definition) is 1. The van der Waals surface area contributed by atoms with Crippen LogP contribution in [0, 0.1) is 0 Å². The molecule has 3 heteroatoms. The molecule has 2 aromatic carbocycles. The molecule has 1 aliphatic heterocycles. The Morgan fingerprint density at radius 1 is 0.895 bits per heavy atom. The summed E-state index contributed by atoms with van der Waals surface area (Å²) in [7, 11) is 0. The molecule has 0 aromatic heterocycles. The molecular weight excluding hydrogens is 234 g/mol. The molecule has 0 spiro atoms. The van der Waals surface area contributed by atoms with Crippen molar-refractivity contribution in [3.05, 3.63) is 72.4 Å². The van der Waals surface area contributed by atoms with Gasteiger partial charge in [0.2, 0.25) is 0 Å². The van der Waals surface area contributed by atoms with E-state index in [4.69, 9.17) is 5.73 Å². The molecule has 0 fully saturated rings. The van der Waals surface area contributed by atoms with Crippen LogP contribution in [0.1, 0.15) is 5.56 Å². The van der Waals surface area contributed by atoms with E-state index in [2.05, 4.69) is 34.2 Å². The summed E-state index contributed by atoms with van der Waals surface area (Å²) in [5.41, 5.74) is 9.20. The Bertz CT molecular complexity index is 615. The van der Waals surface area contributed by atoms with Crippen molar-refractivity contribution in [2.24, 2.45) is 10.7 Å². The quantitative estimate of drug-likeness (QED) is 0.889. The van der Waals surface area contributed by atoms with Crippen LogP contribution in [0.15, 0.2) is 71.9 Å². The van der Waals surface area contributed by atoms with Gasteiger partial charge in [0.1, 0.15) is 5.84 Å². The zero-order chi connectivity index (χ0) is 13.1. The molecule has 3 rings (SSSR count). The summed E-state index contributed by atoms with van der Waals surface area (Å²) in [6.45, 7) is 0.616. The fourth-order valence-electron chi connectivity index (χ4n) is 2.18. The number of amidine groups is 1. The van der Waals surface area contributed by atoms with Crippen LogP contribution < -0.4 is 10.6 Å². The first kappa shape index (κ1) is 11.5. The first-order chi connectivity index (χ1) is 9.34. The van der Waals surface area contributed by atoms with Gasteiger partial charge in [-0.1, -0.05) is 48.5 Å². The Kier molecular flexibility index (Phi) is 3.02. The minimum atomic E-state index is 0.616. The van der Waals surface area contributed by atoms with Crippen LogP contribution in [-0.4, -0.2) is 12.4 Å². The summed E-state index contributed by atoms with van der Waals surface area (Å²) in [6.07, 6.45) is 1.83. The second-order valence-corrected chi connectivity index (χ2v) is 4.42. The van der Waals surface area contributed by atoms with Gasteiger partial charge in [0.15, 0.2) is 0 Å². The first-order valence-electron chi connectivity index (χ1n) is 6.25. The van der Waals surface area contributed by atoms with E-state index in [-0.39, 0.29) is 0 Å². The Morgan fingerprint density at radius 2 is 1.53 bits per heavy atom. The van der Waals surface area contributed by atoms with Gasteiger partial charge >= 0.3 is 0 Å². The van der Waals surface area contributed by atoms with Crippen molar-refractivity contribution in [2.45, 2.75) is 0 Å². The fraction of sp³-hybridized carbons (Fsp3) is 0.0625. The van der Waals surface area contributed by atoms with Gasteiger partial charge in [-0.3, -0.25) is 0 Å². The van der Waals surface area contributed by atoms with Crippen molar-refractivity contribution in [1.29, 1.82) is 0 Å². The maximum atomic E-state index is 5.87. The molecule has 3 nitrogen and oxygen atoms in total. The van der Waals surface area contributed by atoms with Crippen molar-refractivity contribution in [3.63, 3.8) is 0 Å². The standard InChI is InChI=1S/C16H15N3/c17-16-12-19(14-9-5-2-6-10-14)15(11-18-16)13-7-3-1-4-8-13/h1-11H,12H2,(H2,17,18). The van der Waals surface area contributed by atoms with E-state index in [1.165, 1.54) is 0 Å². The Hall–Kier alpha value is -2.55. The zero-order valence-corrected chi connectivity index (χ0v) is 10.5. The molecular formula is C16H15N3. The summed E-state index contributed by atoms with van der Waals surface area (Å²) < 4.78 is 0. The number of aliphatic imine (C=N–C) groups is 1. The lowest BCUT2D eigenvalue weighted by Gasteiger charge is -2.29. The van der Waals surface area contributed by atoms with Crippen LogP contribution in [0.2, 0.25) is 0 Å². The summed E-state index contributed by atoms with van der Waals surface area (Å²) in [6, 6.07) is 20.5. The van der Waals surface area contributed by atoms with Crippen molar-refractivity contribution >= 4 is 17.2 Å². The summed E-state index contributed by atoms with van der Waals surface area (Å²) in [4.78, 5) is 6.43. The zero-order valence-electron chi connectivity index (χ0n) is 10.5. The van der Waals surface area contributed by atoms with Crippen molar-refractivity contribution in [2.75, 3.05) is 11.4 Å². The molecule has 19 heavy (non-hydrogen) atoms. The van der Waals surface area contributed by atoms with Crippen molar-refractivity contribution < 1.29 is 0 Å². The summed E-state index contributed by atoms with van der Waals surface area (Å²) in [5.74, 6) is 0.628. The highest BCUT2D eigenvalue weighted by Gasteiger charge is 2.18. The van der Waals surface area contributed by atoms with Gasteiger partial charge < -0.3 is 10.6 Å². The first-order valence-corrected chi connectivity index (χ1v) is 6.25. The Labute approximate surface area is 112 Å². The van der Waals surface area contributed by atoms with Crippen LogP contribution >= 0.6 is 0 Å². The molecule has 94 valence electrons. The molecule has 0 aliphatic carbocycles. The van der Waals surface area contributed by atoms with E-state index >= 15 is 0 Å². The number of nitrogens with two attached hydrogens (primary N) is 1. The Balaban J connectivity index is 2.04. The molecule has 0 saturated heterocycles. The number of para-hydroxylation sites is 1. The van der Waals surface area contributed by atoms with Gasteiger partial charge in [-0.15, -0.1) is 0 Å².